The van der Waals surface area contributed by atoms with E-state index < -0.39 is 15.9 Å². The van der Waals surface area contributed by atoms with Crippen LogP contribution in [-0.2, 0) is 10.0 Å². The van der Waals surface area contributed by atoms with Crippen molar-refractivity contribution < 1.29 is 13.2 Å². The average Bonchev–Trinajstić information content (AvgIpc) is 3.19. The van der Waals surface area contributed by atoms with Gasteiger partial charge in [0.25, 0.3) is 11.5 Å². The first-order chi connectivity index (χ1) is 15.2. The number of sulfonamides is 1. The highest BCUT2D eigenvalue weighted by atomic mass is 35.5. The molecule has 0 aliphatic carbocycles. The zero-order valence-electron chi connectivity index (χ0n) is 16.9. The number of hydrogen-bond donors (Lipinski definition) is 2. The van der Waals surface area contributed by atoms with Gasteiger partial charge in [0.05, 0.1) is 39.4 Å². The van der Waals surface area contributed by atoms with Crippen LogP contribution in [0.15, 0.2) is 64.7 Å². The molecular weight excluding hydrogens is 456 g/mol. The van der Waals surface area contributed by atoms with Crippen molar-refractivity contribution in [2.24, 2.45) is 0 Å². The molecule has 2 heterocycles. The molecule has 0 fully saturated rings. The molecule has 0 atom stereocenters. The van der Waals surface area contributed by atoms with Gasteiger partial charge in [-0.05, 0) is 30.3 Å². The first-order valence-corrected chi connectivity index (χ1v) is 11.1. The molecule has 4 rings (SSSR count). The van der Waals surface area contributed by atoms with Crippen LogP contribution < -0.4 is 10.9 Å². The normalized spacial score (nSPS) is 11.8. The Labute approximate surface area is 187 Å². The van der Waals surface area contributed by atoms with Crippen LogP contribution in [0, 0.1) is 0 Å². The standard InChI is InChI=1S/C20H17ClN6O4S/c1-26(2)32(30,31)12-7-8-15(21)13(9-12)20(29)25-16-5-3-4-6-17(16)27-18-14(10-24-27)19(28)23-11-22-18/h3-11H,1-2H3,(H,25,29)(H,22,23,28). The van der Waals surface area contributed by atoms with Crippen molar-refractivity contribution >= 4 is 44.3 Å². The largest absolute Gasteiger partial charge is 0.320 e. The van der Waals surface area contributed by atoms with Crippen molar-refractivity contribution in [1.29, 1.82) is 0 Å². The van der Waals surface area contributed by atoms with E-state index in [1.807, 2.05) is 0 Å². The molecular formula is C20H17ClN6O4S. The van der Waals surface area contributed by atoms with Crippen LogP contribution in [0.5, 0.6) is 0 Å². The predicted molar refractivity (Wildman–Crippen MR) is 120 cm³/mol. The van der Waals surface area contributed by atoms with Crippen molar-refractivity contribution in [3.05, 3.63) is 75.9 Å². The van der Waals surface area contributed by atoms with Crippen LogP contribution in [0.4, 0.5) is 5.69 Å². The lowest BCUT2D eigenvalue weighted by atomic mass is 10.2. The number of nitrogens with one attached hydrogen (secondary N) is 2. The Hall–Kier alpha value is -3.54. The molecule has 164 valence electrons. The number of para-hydroxylation sites is 2. The van der Waals surface area contributed by atoms with Gasteiger partial charge in [0.15, 0.2) is 5.65 Å². The van der Waals surface area contributed by atoms with E-state index in [4.69, 9.17) is 11.6 Å². The van der Waals surface area contributed by atoms with E-state index in [1.165, 1.54) is 49.5 Å². The summed E-state index contributed by atoms with van der Waals surface area (Å²) in [7, 11) is -0.962. The third-order valence-corrected chi connectivity index (χ3v) is 6.85. The lowest BCUT2D eigenvalue weighted by Gasteiger charge is -2.14. The van der Waals surface area contributed by atoms with Gasteiger partial charge in [0, 0.05) is 14.1 Å². The molecule has 0 spiro atoms. The fourth-order valence-electron chi connectivity index (χ4n) is 3.04. The minimum atomic E-state index is -3.75. The van der Waals surface area contributed by atoms with Gasteiger partial charge in [-0.25, -0.2) is 22.4 Å². The lowest BCUT2D eigenvalue weighted by Crippen LogP contribution is -2.23. The summed E-state index contributed by atoms with van der Waals surface area (Å²) >= 11 is 6.19. The first-order valence-electron chi connectivity index (χ1n) is 9.24. The summed E-state index contributed by atoms with van der Waals surface area (Å²) in [6, 6.07) is 10.7. The van der Waals surface area contributed by atoms with Gasteiger partial charge in [-0.2, -0.15) is 5.10 Å². The van der Waals surface area contributed by atoms with E-state index in [9.17, 15) is 18.0 Å². The minimum absolute atomic E-state index is 0.00992. The van der Waals surface area contributed by atoms with Gasteiger partial charge in [-0.15, -0.1) is 0 Å². The molecule has 0 radical (unpaired) electrons. The number of carbonyl (C=O) groups excluding carboxylic acids is 1. The summed E-state index contributed by atoms with van der Waals surface area (Å²) in [6.45, 7) is 0. The number of H-pyrrole nitrogens is 1. The maximum absolute atomic E-state index is 13.0. The molecule has 2 aromatic heterocycles. The van der Waals surface area contributed by atoms with Gasteiger partial charge in [0.2, 0.25) is 10.0 Å². The summed E-state index contributed by atoms with van der Waals surface area (Å²) in [6.07, 6.45) is 2.65. The molecule has 12 heteroatoms. The maximum atomic E-state index is 13.0. The zero-order valence-corrected chi connectivity index (χ0v) is 18.5. The number of aromatic nitrogens is 4. The highest BCUT2D eigenvalue weighted by molar-refractivity contribution is 7.89. The number of carbonyl (C=O) groups is 1. The summed E-state index contributed by atoms with van der Waals surface area (Å²) in [5.74, 6) is -0.611. The van der Waals surface area contributed by atoms with E-state index in [0.29, 0.717) is 22.4 Å². The molecule has 0 bridgehead atoms. The maximum Gasteiger partial charge on any atom is 0.261 e. The molecule has 2 aromatic carbocycles. The Morgan fingerprint density at radius 1 is 1.19 bits per heavy atom. The summed E-state index contributed by atoms with van der Waals surface area (Å²) in [4.78, 5) is 31.6. The number of nitrogens with zero attached hydrogens (tertiary/aromatic N) is 4. The van der Waals surface area contributed by atoms with Crippen molar-refractivity contribution in [3.8, 4) is 5.69 Å². The van der Waals surface area contributed by atoms with Gasteiger partial charge in [0.1, 0.15) is 5.39 Å². The zero-order chi connectivity index (χ0) is 23.0. The average molecular weight is 473 g/mol. The number of fused-ring (bicyclic) bond motifs is 1. The highest BCUT2D eigenvalue weighted by Crippen LogP contribution is 2.26. The quantitative estimate of drug-likeness (QED) is 0.458. The third kappa shape index (κ3) is 3.77. The SMILES string of the molecule is CN(C)S(=O)(=O)c1ccc(Cl)c(C(=O)Nc2ccccc2-n2ncc3c(=O)[nH]cnc32)c1. The molecule has 0 aliphatic rings. The monoisotopic (exact) mass is 472 g/mol. The fraction of sp³-hybridized carbons (Fsp3) is 0.100. The van der Waals surface area contributed by atoms with Crippen LogP contribution in [0.3, 0.4) is 0 Å². The molecule has 0 saturated heterocycles. The summed E-state index contributed by atoms with van der Waals surface area (Å²) in [5, 5.41) is 7.34. The van der Waals surface area contributed by atoms with Crippen LogP contribution in [-0.4, -0.2) is 52.5 Å². The summed E-state index contributed by atoms with van der Waals surface area (Å²) < 4.78 is 27.4. The van der Waals surface area contributed by atoms with Crippen molar-refractivity contribution in [3.63, 3.8) is 0 Å². The summed E-state index contributed by atoms with van der Waals surface area (Å²) in [5.41, 5.74) is 0.786. The van der Waals surface area contributed by atoms with E-state index >= 15 is 0 Å². The van der Waals surface area contributed by atoms with E-state index in [1.54, 1.807) is 24.3 Å². The number of aromatic amines is 1. The molecule has 0 aliphatic heterocycles. The highest BCUT2D eigenvalue weighted by Gasteiger charge is 2.22. The molecule has 4 aromatic rings. The Balaban J connectivity index is 1.75. The number of amides is 1. The van der Waals surface area contributed by atoms with Crippen LogP contribution in [0.2, 0.25) is 5.02 Å². The lowest BCUT2D eigenvalue weighted by molar-refractivity contribution is 0.102. The molecule has 10 nitrogen and oxygen atoms in total. The van der Waals surface area contributed by atoms with Crippen molar-refractivity contribution in [1.82, 2.24) is 24.1 Å². The van der Waals surface area contributed by atoms with Crippen LogP contribution in [0.1, 0.15) is 10.4 Å². The fourth-order valence-corrected chi connectivity index (χ4v) is 4.17. The third-order valence-electron chi connectivity index (χ3n) is 4.71. The number of rotatable bonds is 5. The number of hydrogen-bond acceptors (Lipinski definition) is 6. The topological polar surface area (TPSA) is 130 Å². The van der Waals surface area contributed by atoms with Gasteiger partial charge < -0.3 is 10.3 Å². The first kappa shape index (κ1) is 21.7. The Bertz CT molecular complexity index is 1510. The second kappa shape index (κ2) is 8.19. The van der Waals surface area contributed by atoms with Crippen molar-refractivity contribution in [2.45, 2.75) is 4.90 Å². The van der Waals surface area contributed by atoms with Crippen LogP contribution in [0.25, 0.3) is 16.7 Å². The predicted octanol–water partition coefficient (Wildman–Crippen LogP) is 2.26. The number of halogens is 1. The molecule has 0 unspecified atom stereocenters. The second-order valence-electron chi connectivity index (χ2n) is 6.93. The number of benzene rings is 2. The van der Waals surface area contributed by atoms with Crippen molar-refractivity contribution in [2.75, 3.05) is 19.4 Å². The van der Waals surface area contributed by atoms with Gasteiger partial charge in [-0.3, -0.25) is 9.59 Å². The Kier molecular flexibility index (Phi) is 5.55. The molecule has 0 saturated carbocycles. The molecule has 2 N–H and O–H groups in total. The smallest absolute Gasteiger partial charge is 0.261 e. The Morgan fingerprint density at radius 3 is 2.69 bits per heavy atom. The number of anilines is 1. The van der Waals surface area contributed by atoms with E-state index in [-0.39, 0.29) is 21.0 Å². The molecule has 1 amide bonds. The Morgan fingerprint density at radius 2 is 1.94 bits per heavy atom. The van der Waals surface area contributed by atoms with E-state index in [0.717, 1.165) is 4.31 Å². The van der Waals surface area contributed by atoms with E-state index in [2.05, 4.69) is 20.4 Å². The van der Waals surface area contributed by atoms with Crippen LogP contribution >= 0.6 is 11.6 Å². The minimum Gasteiger partial charge on any atom is -0.320 e. The molecule has 32 heavy (non-hydrogen) atoms. The van der Waals surface area contributed by atoms with Gasteiger partial charge in [-0.1, -0.05) is 23.7 Å². The van der Waals surface area contributed by atoms with Gasteiger partial charge >= 0.3 is 0 Å². The second-order valence-corrected chi connectivity index (χ2v) is 9.48.